The van der Waals surface area contributed by atoms with Crippen molar-refractivity contribution < 1.29 is 14.3 Å². The zero-order valence-corrected chi connectivity index (χ0v) is 14.7. The molecule has 1 saturated heterocycles. The number of aromatic nitrogens is 2. The van der Waals surface area contributed by atoms with Crippen LogP contribution >= 0.6 is 0 Å². The van der Waals surface area contributed by atoms with Crippen LogP contribution in [0.1, 0.15) is 52.6 Å². The number of nitrogens with zero attached hydrogens (tertiary/aromatic N) is 3. The second-order valence-corrected chi connectivity index (χ2v) is 6.18. The minimum Gasteiger partial charge on any atom is -0.462 e. The van der Waals surface area contributed by atoms with Gasteiger partial charge in [-0.15, -0.1) is 0 Å². The highest BCUT2D eigenvalue weighted by Gasteiger charge is 2.19. The van der Waals surface area contributed by atoms with Gasteiger partial charge in [0.25, 0.3) is 5.91 Å². The van der Waals surface area contributed by atoms with Gasteiger partial charge in [0.2, 0.25) is 0 Å². The molecule has 1 aromatic heterocycles. The van der Waals surface area contributed by atoms with E-state index in [-0.39, 0.29) is 11.9 Å². The standard InChI is InChI=1S/C19H23N3O3/c1-3-25-19(24)17-13-20-22(14(17)2)16-9-7-15(8-10-16)18(23)21-11-5-4-6-12-21/h7-10,13H,3-6,11-12H2,1-2H3. The fourth-order valence-corrected chi connectivity index (χ4v) is 3.10. The topological polar surface area (TPSA) is 64.4 Å². The van der Waals surface area contributed by atoms with E-state index in [0.29, 0.717) is 23.4 Å². The Morgan fingerprint density at radius 3 is 2.44 bits per heavy atom. The van der Waals surface area contributed by atoms with Gasteiger partial charge in [-0.2, -0.15) is 5.10 Å². The van der Waals surface area contributed by atoms with Crippen LogP contribution in [0.3, 0.4) is 0 Å². The molecule has 3 rings (SSSR count). The van der Waals surface area contributed by atoms with Crippen LogP contribution in [0, 0.1) is 6.92 Å². The van der Waals surface area contributed by atoms with Crippen molar-refractivity contribution in [3.8, 4) is 5.69 Å². The van der Waals surface area contributed by atoms with E-state index in [2.05, 4.69) is 5.10 Å². The molecule has 2 heterocycles. The van der Waals surface area contributed by atoms with Crippen molar-refractivity contribution >= 4 is 11.9 Å². The number of piperidine rings is 1. The Kier molecular flexibility index (Phi) is 5.16. The lowest BCUT2D eigenvalue weighted by Crippen LogP contribution is -2.35. The van der Waals surface area contributed by atoms with Gasteiger partial charge in [-0.1, -0.05) is 0 Å². The number of carbonyl (C=O) groups excluding carboxylic acids is 2. The second kappa shape index (κ2) is 7.51. The number of hydrogen-bond acceptors (Lipinski definition) is 4. The van der Waals surface area contributed by atoms with Crippen LogP contribution in [0.2, 0.25) is 0 Å². The molecule has 6 nitrogen and oxygen atoms in total. The maximum absolute atomic E-state index is 12.5. The average Bonchev–Trinajstić information content (AvgIpc) is 3.04. The van der Waals surface area contributed by atoms with Crippen molar-refractivity contribution in [1.29, 1.82) is 0 Å². The number of hydrogen-bond donors (Lipinski definition) is 0. The molecule has 0 unspecified atom stereocenters. The van der Waals surface area contributed by atoms with E-state index >= 15 is 0 Å². The second-order valence-electron chi connectivity index (χ2n) is 6.18. The SMILES string of the molecule is CCOC(=O)c1cnn(-c2ccc(C(=O)N3CCCCC3)cc2)c1C. The maximum atomic E-state index is 12.5. The minimum absolute atomic E-state index is 0.0793. The van der Waals surface area contributed by atoms with Crippen LogP contribution in [0.25, 0.3) is 5.69 Å². The molecule has 0 saturated carbocycles. The van der Waals surface area contributed by atoms with Crippen LogP contribution in [0.15, 0.2) is 30.5 Å². The molecular weight excluding hydrogens is 318 g/mol. The van der Waals surface area contributed by atoms with E-state index in [1.54, 1.807) is 11.6 Å². The first-order valence-electron chi connectivity index (χ1n) is 8.73. The van der Waals surface area contributed by atoms with E-state index in [9.17, 15) is 9.59 Å². The summed E-state index contributed by atoms with van der Waals surface area (Å²) in [5.41, 5.74) is 2.66. The van der Waals surface area contributed by atoms with E-state index in [0.717, 1.165) is 31.6 Å². The van der Waals surface area contributed by atoms with Crippen LogP contribution < -0.4 is 0 Å². The predicted molar refractivity (Wildman–Crippen MR) is 94.0 cm³/mol. The first-order valence-corrected chi connectivity index (χ1v) is 8.73. The van der Waals surface area contributed by atoms with E-state index in [1.807, 2.05) is 36.1 Å². The molecule has 0 bridgehead atoms. The fourth-order valence-electron chi connectivity index (χ4n) is 3.10. The Balaban J connectivity index is 1.78. The predicted octanol–water partition coefficient (Wildman–Crippen LogP) is 2.98. The highest BCUT2D eigenvalue weighted by atomic mass is 16.5. The highest BCUT2D eigenvalue weighted by Crippen LogP contribution is 2.18. The van der Waals surface area contributed by atoms with Gasteiger partial charge in [0.1, 0.15) is 5.56 Å². The van der Waals surface area contributed by atoms with Crippen LogP contribution in [0.4, 0.5) is 0 Å². The van der Waals surface area contributed by atoms with Crippen LogP contribution in [0.5, 0.6) is 0 Å². The molecule has 1 amide bonds. The maximum Gasteiger partial charge on any atom is 0.341 e. The summed E-state index contributed by atoms with van der Waals surface area (Å²) in [6.45, 7) is 5.60. The third-order valence-electron chi connectivity index (χ3n) is 4.51. The van der Waals surface area contributed by atoms with Crippen molar-refractivity contribution in [1.82, 2.24) is 14.7 Å². The zero-order valence-electron chi connectivity index (χ0n) is 14.7. The Morgan fingerprint density at radius 2 is 1.80 bits per heavy atom. The Labute approximate surface area is 147 Å². The largest absolute Gasteiger partial charge is 0.462 e. The molecule has 1 aliphatic rings. The smallest absolute Gasteiger partial charge is 0.341 e. The molecule has 1 aromatic carbocycles. The summed E-state index contributed by atoms with van der Waals surface area (Å²) in [5, 5.41) is 4.27. The third-order valence-corrected chi connectivity index (χ3v) is 4.51. The van der Waals surface area contributed by atoms with Crippen LogP contribution in [-0.2, 0) is 4.74 Å². The number of ether oxygens (including phenoxy) is 1. The zero-order chi connectivity index (χ0) is 17.8. The van der Waals surface area contributed by atoms with Gasteiger partial charge in [0.05, 0.1) is 24.2 Å². The van der Waals surface area contributed by atoms with Crippen molar-refractivity contribution in [3.05, 3.63) is 47.3 Å². The Bertz CT molecular complexity index is 759. The van der Waals surface area contributed by atoms with E-state index < -0.39 is 0 Å². The summed E-state index contributed by atoms with van der Waals surface area (Å²) in [5.74, 6) is -0.293. The summed E-state index contributed by atoms with van der Waals surface area (Å²) in [6.07, 6.45) is 4.87. The number of benzene rings is 1. The fraction of sp³-hybridized carbons (Fsp3) is 0.421. The molecule has 0 radical (unpaired) electrons. The van der Waals surface area contributed by atoms with Crippen molar-refractivity contribution in [2.24, 2.45) is 0 Å². The van der Waals surface area contributed by atoms with Crippen LogP contribution in [-0.4, -0.2) is 46.3 Å². The first kappa shape index (κ1) is 17.2. The molecule has 132 valence electrons. The molecule has 0 spiro atoms. The number of carbonyl (C=O) groups is 2. The third kappa shape index (κ3) is 3.57. The minimum atomic E-state index is -0.372. The van der Waals surface area contributed by atoms with Gasteiger partial charge < -0.3 is 9.64 Å². The normalized spacial score (nSPS) is 14.4. The molecule has 0 atom stereocenters. The van der Waals surface area contributed by atoms with Gasteiger partial charge in [-0.25, -0.2) is 9.48 Å². The van der Waals surface area contributed by atoms with E-state index in [1.165, 1.54) is 12.6 Å². The summed E-state index contributed by atoms with van der Waals surface area (Å²) in [7, 11) is 0. The summed E-state index contributed by atoms with van der Waals surface area (Å²) < 4.78 is 6.72. The quantitative estimate of drug-likeness (QED) is 0.802. The van der Waals surface area contributed by atoms with Crippen molar-refractivity contribution in [2.45, 2.75) is 33.1 Å². The van der Waals surface area contributed by atoms with Gasteiger partial charge >= 0.3 is 5.97 Å². The lowest BCUT2D eigenvalue weighted by molar-refractivity contribution is 0.0525. The Hall–Kier alpha value is -2.63. The lowest BCUT2D eigenvalue weighted by Gasteiger charge is -2.26. The van der Waals surface area contributed by atoms with Gasteiger partial charge in [0, 0.05) is 18.7 Å². The average molecular weight is 341 g/mol. The number of likely N-dealkylation sites (tertiary alicyclic amines) is 1. The lowest BCUT2D eigenvalue weighted by atomic mass is 10.1. The molecule has 0 N–H and O–H groups in total. The number of rotatable bonds is 4. The monoisotopic (exact) mass is 341 g/mol. The molecule has 1 aliphatic heterocycles. The molecule has 25 heavy (non-hydrogen) atoms. The van der Waals surface area contributed by atoms with Gasteiger partial charge in [-0.05, 0) is 57.4 Å². The summed E-state index contributed by atoms with van der Waals surface area (Å²) in [4.78, 5) is 26.3. The van der Waals surface area contributed by atoms with Crippen molar-refractivity contribution in [2.75, 3.05) is 19.7 Å². The molecular formula is C19H23N3O3. The van der Waals surface area contributed by atoms with E-state index in [4.69, 9.17) is 4.74 Å². The molecule has 2 aromatic rings. The van der Waals surface area contributed by atoms with Gasteiger partial charge in [0.15, 0.2) is 0 Å². The Morgan fingerprint density at radius 1 is 1.12 bits per heavy atom. The van der Waals surface area contributed by atoms with Gasteiger partial charge in [-0.3, -0.25) is 4.79 Å². The molecule has 0 aliphatic carbocycles. The highest BCUT2D eigenvalue weighted by molar-refractivity contribution is 5.94. The summed E-state index contributed by atoms with van der Waals surface area (Å²) in [6, 6.07) is 7.34. The number of esters is 1. The molecule has 1 fully saturated rings. The molecule has 6 heteroatoms. The first-order chi connectivity index (χ1) is 12.1. The summed E-state index contributed by atoms with van der Waals surface area (Å²) >= 11 is 0. The van der Waals surface area contributed by atoms with Crippen molar-refractivity contribution in [3.63, 3.8) is 0 Å². The number of amides is 1.